The van der Waals surface area contributed by atoms with Gasteiger partial charge in [-0.05, 0) is 43.4 Å². The van der Waals surface area contributed by atoms with E-state index < -0.39 is 21.3 Å². The summed E-state index contributed by atoms with van der Waals surface area (Å²) in [6, 6.07) is 20.1. The second-order valence-electron chi connectivity index (χ2n) is 8.62. The van der Waals surface area contributed by atoms with Crippen molar-refractivity contribution in [2.24, 2.45) is 4.99 Å². The van der Waals surface area contributed by atoms with Crippen LogP contribution in [0.15, 0.2) is 65.7 Å². The molecule has 5 rings (SSSR count). The molecule has 2 aliphatic heterocycles. The summed E-state index contributed by atoms with van der Waals surface area (Å²) in [5, 5.41) is 2.12. The molecule has 1 atom stereocenters. The topological polar surface area (TPSA) is 79.2 Å². The van der Waals surface area contributed by atoms with Gasteiger partial charge in [0.25, 0.3) is 10.1 Å². The molecule has 1 unspecified atom stereocenters. The molecule has 2 heterocycles. The number of benzene rings is 3. The number of fused-ring (bicyclic) bond motifs is 4. The number of anilines is 1. The van der Waals surface area contributed by atoms with Gasteiger partial charge in [-0.15, -0.1) is 0 Å². The molecule has 0 saturated heterocycles. The Morgan fingerprint density at radius 1 is 1.03 bits per heavy atom. The fraction of sp³-hybridized carbons (Fsp3) is 0.292. The third kappa shape index (κ3) is 3.03. The Bertz CT molecular complexity index is 1320. The molecule has 7 heteroatoms. The fourth-order valence-electron chi connectivity index (χ4n) is 4.85. The van der Waals surface area contributed by atoms with Crippen LogP contribution in [0.1, 0.15) is 25.8 Å². The maximum atomic E-state index is 11.3. The van der Waals surface area contributed by atoms with Crippen molar-refractivity contribution in [2.75, 3.05) is 17.2 Å². The number of aliphatic imine (C=N–C) groups is 1. The third-order valence-corrected chi connectivity index (χ3v) is 7.25. The molecule has 1 spiro atoms. The Balaban J connectivity index is 1.62. The highest BCUT2D eigenvalue weighted by Crippen LogP contribution is 2.54. The van der Waals surface area contributed by atoms with Crippen molar-refractivity contribution in [3.63, 3.8) is 0 Å². The van der Waals surface area contributed by atoms with Gasteiger partial charge in [-0.3, -0.25) is 9.55 Å². The van der Waals surface area contributed by atoms with E-state index in [1.54, 1.807) is 0 Å². The minimum Gasteiger partial charge on any atom is -0.459 e. The number of hydrogen-bond donors (Lipinski definition) is 1. The van der Waals surface area contributed by atoms with Crippen LogP contribution in [0.4, 0.5) is 11.4 Å². The summed E-state index contributed by atoms with van der Waals surface area (Å²) in [4.78, 5) is 6.96. The van der Waals surface area contributed by atoms with Crippen molar-refractivity contribution in [3.05, 3.63) is 66.2 Å². The quantitative estimate of drug-likeness (QED) is 0.600. The number of ether oxygens (including phenoxy) is 1. The molecule has 3 aromatic rings. The van der Waals surface area contributed by atoms with E-state index in [9.17, 15) is 13.0 Å². The standard InChI is InChI=1S/C24H24N2O4S/c1-23(2)19-10-5-6-11-20(19)26(14-7-15-31(27,28)29)24(23)16-25-22-18-9-4-3-8-17(18)12-13-21(22)30-24/h3-6,8-13,16H,7,14-15H2,1-2H3,(H,27,28,29). The molecule has 3 aromatic carbocycles. The van der Waals surface area contributed by atoms with Crippen molar-refractivity contribution < 1.29 is 17.7 Å². The van der Waals surface area contributed by atoms with E-state index in [4.69, 9.17) is 9.73 Å². The third-order valence-electron chi connectivity index (χ3n) is 6.45. The van der Waals surface area contributed by atoms with Crippen molar-refractivity contribution in [3.8, 4) is 5.75 Å². The lowest BCUT2D eigenvalue weighted by Crippen LogP contribution is -2.62. The second kappa shape index (κ2) is 6.80. The van der Waals surface area contributed by atoms with E-state index >= 15 is 0 Å². The van der Waals surface area contributed by atoms with Gasteiger partial charge in [0.2, 0.25) is 5.72 Å². The van der Waals surface area contributed by atoms with E-state index in [0.717, 1.165) is 27.7 Å². The summed E-state index contributed by atoms with van der Waals surface area (Å²) in [5.74, 6) is 0.391. The summed E-state index contributed by atoms with van der Waals surface area (Å²) in [6.07, 6.45) is 2.13. The van der Waals surface area contributed by atoms with E-state index in [1.165, 1.54) is 0 Å². The highest BCUT2D eigenvalue weighted by atomic mass is 32.2. The Hall–Kier alpha value is -2.90. The van der Waals surface area contributed by atoms with Crippen LogP contribution in [0.3, 0.4) is 0 Å². The predicted octanol–water partition coefficient (Wildman–Crippen LogP) is 4.71. The Labute approximate surface area is 181 Å². The molecule has 6 nitrogen and oxygen atoms in total. The van der Waals surface area contributed by atoms with E-state index in [0.29, 0.717) is 12.3 Å². The van der Waals surface area contributed by atoms with Crippen molar-refractivity contribution in [2.45, 2.75) is 31.4 Å². The minimum atomic E-state index is -4.04. The molecule has 0 aromatic heterocycles. The molecule has 0 bridgehead atoms. The normalized spacial score (nSPS) is 21.2. The van der Waals surface area contributed by atoms with Crippen LogP contribution in [0, 0.1) is 0 Å². The largest absolute Gasteiger partial charge is 0.459 e. The van der Waals surface area contributed by atoms with E-state index in [-0.39, 0.29) is 12.2 Å². The summed E-state index contributed by atoms with van der Waals surface area (Å²) in [6.45, 7) is 4.63. The summed E-state index contributed by atoms with van der Waals surface area (Å²) in [5.41, 5.74) is 1.53. The molecular weight excluding hydrogens is 412 g/mol. The first-order valence-electron chi connectivity index (χ1n) is 10.3. The Morgan fingerprint density at radius 2 is 1.77 bits per heavy atom. The highest BCUT2D eigenvalue weighted by molar-refractivity contribution is 7.85. The van der Waals surface area contributed by atoms with Gasteiger partial charge >= 0.3 is 0 Å². The first-order valence-corrected chi connectivity index (χ1v) is 11.9. The molecule has 0 fully saturated rings. The molecule has 160 valence electrons. The summed E-state index contributed by atoms with van der Waals surface area (Å²) in [7, 11) is -4.04. The molecule has 31 heavy (non-hydrogen) atoms. The lowest BCUT2D eigenvalue weighted by Gasteiger charge is -2.46. The maximum absolute atomic E-state index is 11.3. The second-order valence-corrected chi connectivity index (χ2v) is 10.2. The molecule has 1 N–H and O–H groups in total. The van der Waals surface area contributed by atoms with Gasteiger partial charge in [-0.2, -0.15) is 8.42 Å². The average Bonchev–Trinajstić information content (AvgIpc) is 2.91. The first kappa shape index (κ1) is 20.0. The smallest absolute Gasteiger partial charge is 0.264 e. The van der Waals surface area contributed by atoms with Crippen molar-refractivity contribution in [1.29, 1.82) is 0 Å². The zero-order valence-corrected chi connectivity index (χ0v) is 18.3. The van der Waals surface area contributed by atoms with Crippen molar-refractivity contribution in [1.82, 2.24) is 0 Å². The van der Waals surface area contributed by atoms with Crippen LogP contribution in [0.25, 0.3) is 10.8 Å². The fourth-order valence-corrected chi connectivity index (χ4v) is 5.34. The number of hydrogen-bond acceptors (Lipinski definition) is 5. The zero-order chi connectivity index (χ0) is 21.9. The van der Waals surface area contributed by atoms with Gasteiger partial charge in [0.1, 0.15) is 11.4 Å². The summed E-state index contributed by atoms with van der Waals surface area (Å²) < 4.78 is 38.6. The number of nitrogens with zero attached hydrogens (tertiary/aromatic N) is 2. The van der Waals surface area contributed by atoms with Gasteiger partial charge in [0.05, 0.1) is 17.4 Å². The predicted molar refractivity (Wildman–Crippen MR) is 123 cm³/mol. The SMILES string of the molecule is CC1(C)c2ccccc2N(CCCS(=O)(=O)O)C12C=Nc1c(ccc3ccccc13)O2. The van der Waals surface area contributed by atoms with Gasteiger partial charge in [0, 0.05) is 17.6 Å². The molecule has 0 amide bonds. The van der Waals surface area contributed by atoms with Crippen LogP contribution in [0.2, 0.25) is 0 Å². The van der Waals surface area contributed by atoms with Crippen LogP contribution < -0.4 is 9.64 Å². The average molecular weight is 437 g/mol. The minimum absolute atomic E-state index is 0.271. The molecule has 0 radical (unpaired) electrons. The van der Waals surface area contributed by atoms with Gasteiger partial charge in [-0.1, -0.05) is 48.5 Å². The lowest BCUT2D eigenvalue weighted by molar-refractivity contribution is 0.0778. The number of rotatable bonds is 4. The highest BCUT2D eigenvalue weighted by Gasteiger charge is 2.59. The Kier molecular flexibility index (Phi) is 4.39. The lowest BCUT2D eigenvalue weighted by atomic mass is 9.77. The summed E-state index contributed by atoms with van der Waals surface area (Å²) >= 11 is 0. The van der Waals surface area contributed by atoms with Crippen LogP contribution in [0.5, 0.6) is 5.75 Å². The van der Waals surface area contributed by atoms with Gasteiger partial charge in [0.15, 0.2) is 0 Å². The van der Waals surface area contributed by atoms with Crippen LogP contribution in [-0.4, -0.2) is 37.2 Å². The zero-order valence-electron chi connectivity index (χ0n) is 17.4. The van der Waals surface area contributed by atoms with Gasteiger partial charge in [-0.25, -0.2) is 0 Å². The van der Waals surface area contributed by atoms with Crippen LogP contribution >= 0.6 is 0 Å². The van der Waals surface area contributed by atoms with Gasteiger partial charge < -0.3 is 9.64 Å². The molecule has 0 aliphatic carbocycles. The monoisotopic (exact) mass is 436 g/mol. The molecular formula is C24H24N2O4S. The van der Waals surface area contributed by atoms with E-state index in [1.807, 2.05) is 60.8 Å². The van der Waals surface area contributed by atoms with E-state index in [2.05, 4.69) is 24.8 Å². The van der Waals surface area contributed by atoms with Crippen molar-refractivity contribution >= 4 is 38.5 Å². The maximum Gasteiger partial charge on any atom is 0.264 e. The molecule has 0 saturated carbocycles. The van der Waals surface area contributed by atoms with Crippen LogP contribution in [-0.2, 0) is 15.5 Å². The Morgan fingerprint density at radius 3 is 2.58 bits per heavy atom. The molecule has 2 aliphatic rings. The number of para-hydroxylation sites is 1. The first-order chi connectivity index (χ1) is 14.7.